The Morgan fingerprint density at radius 2 is 1.77 bits per heavy atom. The van der Waals surface area contributed by atoms with Crippen LogP contribution in [0.25, 0.3) is 0 Å². The molecule has 22 heavy (non-hydrogen) atoms. The molecule has 0 amide bonds. The van der Waals surface area contributed by atoms with Crippen molar-refractivity contribution in [3.8, 4) is 0 Å². The van der Waals surface area contributed by atoms with E-state index in [-0.39, 0.29) is 18.2 Å². The zero-order valence-corrected chi connectivity index (χ0v) is 14.1. The summed E-state index contributed by atoms with van der Waals surface area (Å²) in [5, 5.41) is 0. The normalized spacial score (nSPS) is 12.0. The summed E-state index contributed by atoms with van der Waals surface area (Å²) in [6.07, 6.45) is 5.29. The van der Waals surface area contributed by atoms with Crippen LogP contribution in [0.4, 0.5) is 0 Å². The number of ether oxygens (including phenoxy) is 1. The third kappa shape index (κ3) is 6.42. The summed E-state index contributed by atoms with van der Waals surface area (Å²) >= 11 is 0. The summed E-state index contributed by atoms with van der Waals surface area (Å²) in [5.74, 6) is 0.397. The lowest BCUT2D eigenvalue weighted by Crippen LogP contribution is -2.15. The highest BCUT2D eigenvalue weighted by molar-refractivity contribution is 5.95. The number of Topliss-reactive ketones (excluding diaryl/α,β-unsaturated/α-hetero) is 1. The Morgan fingerprint density at radius 3 is 2.32 bits per heavy atom. The fourth-order valence-electron chi connectivity index (χ4n) is 2.34. The number of hydrogen-bond acceptors (Lipinski definition) is 3. The summed E-state index contributed by atoms with van der Waals surface area (Å²) in [6.45, 7) is 6.67. The first-order valence-electron chi connectivity index (χ1n) is 8.38. The molecule has 0 spiro atoms. The van der Waals surface area contributed by atoms with Crippen LogP contribution in [-0.2, 0) is 16.0 Å². The Labute approximate surface area is 134 Å². The molecule has 0 saturated carbocycles. The minimum absolute atomic E-state index is 0.121. The molecule has 1 unspecified atom stereocenters. The van der Waals surface area contributed by atoms with E-state index in [4.69, 9.17) is 4.74 Å². The van der Waals surface area contributed by atoms with Crippen LogP contribution in [0.3, 0.4) is 0 Å². The minimum atomic E-state index is -0.190. The number of carbonyl (C=O) groups is 2. The van der Waals surface area contributed by atoms with Gasteiger partial charge in [-0.05, 0) is 17.9 Å². The van der Waals surface area contributed by atoms with Gasteiger partial charge in [-0.15, -0.1) is 0 Å². The Balaban J connectivity index is 2.42. The minimum Gasteiger partial charge on any atom is -0.465 e. The van der Waals surface area contributed by atoms with Crippen LogP contribution in [0.5, 0.6) is 0 Å². The number of unbranched alkanes of at least 4 members (excludes halogenated alkanes) is 1. The molecule has 0 aliphatic carbocycles. The summed E-state index contributed by atoms with van der Waals surface area (Å²) < 4.78 is 5.39. The average molecular weight is 304 g/mol. The lowest BCUT2D eigenvalue weighted by molar-refractivity contribution is -0.144. The van der Waals surface area contributed by atoms with Crippen molar-refractivity contribution in [2.75, 3.05) is 6.61 Å². The highest BCUT2D eigenvalue weighted by Gasteiger charge is 2.11. The van der Waals surface area contributed by atoms with Gasteiger partial charge in [-0.1, -0.05) is 64.3 Å². The third-order valence-corrected chi connectivity index (χ3v) is 3.97. The standard InChI is InChI=1S/C19H28O3/c1-4-7-8-15(5-2)14-22-19(21)13-16-9-11-17(12-10-16)18(20)6-3/h9-12,15H,4-8,13-14H2,1-3H3. The maximum absolute atomic E-state index is 11.9. The van der Waals surface area contributed by atoms with Gasteiger partial charge >= 0.3 is 5.97 Å². The van der Waals surface area contributed by atoms with Crippen molar-refractivity contribution in [1.29, 1.82) is 0 Å². The largest absolute Gasteiger partial charge is 0.465 e. The quantitative estimate of drug-likeness (QED) is 0.469. The summed E-state index contributed by atoms with van der Waals surface area (Å²) in [7, 11) is 0. The van der Waals surface area contributed by atoms with Gasteiger partial charge in [-0.25, -0.2) is 0 Å². The van der Waals surface area contributed by atoms with E-state index in [1.807, 2.05) is 19.1 Å². The smallest absolute Gasteiger partial charge is 0.310 e. The van der Waals surface area contributed by atoms with Crippen molar-refractivity contribution in [3.63, 3.8) is 0 Å². The number of hydrogen-bond donors (Lipinski definition) is 0. The van der Waals surface area contributed by atoms with Gasteiger partial charge in [0.1, 0.15) is 0 Å². The molecule has 1 aromatic rings. The highest BCUT2D eigenvalue weighted by Crippen LogP contribution is 2.14. The fourth-order valence-corrected chi connectivity index (χ4v) is 2.34. The Kier molecular flexibility index (Phi) is 8.49. The lowest BCUT2D eigenvalue weighted by atomic mass is 10.0. The second-order valence-corrected chi connectivity index (χ2v) is 5.75. The van der Waals surface area contributed by atoms with Gasteiger partial charge in [-0.2, -0.15) is 0 Å². The van der Waals surface area contributed by atoms with E-state index in [1.165, 1.54) is 12.8 Å². The summed E-state index contributed by atoms with van der Waals surface area (Å²) in [5.41, 5.74) is 1.59. The molecular formula is C19H28O3. The van der Waals surface area contributed by atoms with Crippen LogP contribution in [0.2, 0.25) is 0 Å². The topological polar surface area (TPSA) is 43.4 Å². The molecule has 0 aliphatic rings. The van der Waals surface area contributed by atoms with Crippen LogP contribution < -0.4 is 0 Å². The van der Waals surface area contributed by atoms with Gasteiger partial charge in [0.2, 0.25) is 0 Å². The van der Waals surface area contributed by atoms with E-state index in [0.29, 0.717) is 24.5 Å². The molecule has 3 nitrogen and oxygen atoms in total. The maximum atomic E-state index is 11.9. The predicted octanol–water partition coefficient (Wildman–Crippen LogP) is 4.58. The third-order valence-electron chi connectivity index (χ3n) is 3.97. The number of carbonyl (C=O) groups excluding carboxylic acids is 2. The SMILES string of the molecule is CCCCC(CC)COC(=O)Cc1ccc(C(=O)CC)cc1. The van der Waals surface area contributed by atoms with E-state index in [9.17, 15) is 9.59 Å². The fraction of sp³-hybridized carbons (Fsp3) is 0.579. The molecule has 1 atom stereocenters. The van der Waals surface area contributed by atoms with Crippen molar-refractivity contribution in [2.24, 2.45) is 5.92 Å². The number of rotatable bonds is 10. The van der Waals surface area contributed by atoms with Gasteiger partial charge in [-0.3, -0.25) is 9.59 Å². The first-order valence-corrected chi connectivity index (χ1v) is 8.38. The Hall–Kier alpha value is -1.64. The summed E-state index contributed by atoms with van der Waals surface area (Å²) in [6, 6.07) is 7.23. The Morgan fingerprint density at radius 1 is 1.09 bits per heavy atom. The van der Waals surface area contributed by atoms with Crippen LogP contribution in [0, 0.1) is 5.92 Å². The monoisotopic (exact) mass is 304 g/mol. The molecule has 0 heterocycles. The molecule has 3 heteroatoms. The van der Waals surface area contributed by atoms with E-state index in [1.54, 1.807) is 12.1 Å². The van der Waals surface area contributed by atoms with Crippen LogP contribution in [-0.4, -0.2) is 18.4 Å². The number of esters is 1. The van der Waals surface area contributed by atoms with Gasteiger partial charge in [0.25, 0.3) is 0 Å². The van der Waals surface area contributed by atoms with E-state index < -0.39 is 0 Å². The molecule has 122 valence electrons. The summed E-state index contributed by atoms with van der Waals surface area (Å²) in [4.78, 5) is 23.4. The van der Waals surface area contributed by atoms with Crippen LogP contribution in [0.1, 0.15) is 68.8 Å². The van der Waals surface area contributed by atoms with Crippen molar-refractivity contribution in [2.45, 2.75) is 59.3 Å². The molecule has 0 saturated heterocycles. The molecule has 1 rings (SSSR count). The Bertz CT molecular complexity index is 462. The molecule has 0 fully saturated rings. The van der Waals surface area contributed by atoms with Crippen molar-refractivity contribution in [3.05, 3.63) is 35.4 Å². The predicted molar refractivity (Wildman–Crippen MR) is 89.0 cm³/mol. The molecule has 0 aromatic heterocycles. The molecule has 0 N–H and O–H groups in total. The molecule has 0 radical (unpaired) electrons. The van der Waals surface area contributed by atoms with Gasteiger partial charge in [0.15, 0.2) is 5.78 Å². The van der Waals surface area contributed by atoms with Gasteiger partial charge < -0.3 is 4.74 Å². The average Bonchev–Trinajstić information content (AvgIpc) is 2.55. The molecule has 0 aliphatic heterocycles. The zero-order valence-electron chi connectivity index (χ0n) is 14.1. The van der Waals surface area contributed by atoms with Crippen LogP contribution in [0.15, 0.2) is 24.3 Å². The molecule has 0 bridgehead atoms. The first-order chi connectivity index (χ1) is 10.6. The van der Waals surface area contributed by atoms with Crippen molar-refractivity contribution >= 4 is 11.8 Å². The van der Waals surface area contributed by atoms with E-state index in [2.05, 4.69) is 13.8 Å². The highest BCUT2D eigenvalue weighted by atomic mass is 16.5. The molecular weight excluding hydrogens is 276 g/mol. The van der Waals surface area contributed by atoms with E-state index in [0.717, 1.165) is 18.4 Å². The zero-order chi connectivity index (χ0) is 16.4. The number of ketones is 1. The second kappa shape index (κ2) is 10.1. The maximum Gasteiger partial charge on any atom is 0.310 e. The van der Waals surface area contributed by atoms with Crippen LogP contribution >= 0.6 is 0 Å². The van der Waals surface area contributed by atoms with Gasteiger partial charge in [0.05, 0.1) is 13.0 Å². The van der Waals surface area contributed by atoms with Gasteiger partial charge in [0, 0.05) is 12.0 Å². The first kappa shape index (κ1) is 18.4. The second-order valence-electron chi connectivity index (χ2n) is 5.75. The van der Waals surface area contributed by atoms with Crippen molar-refractivity contribution < 1.29 is 14.3 Å². The lowest BCUT2D eigenvalue weighted by Gasteiger charge is -2.14. The van der Waals surface area contributed by atoms with E-state index >= 15 is 0 Å². The van der Waals surface area contributed by atoms with Crippen molar-refractivity contribution in [1.82, 2.24) is 0 Å². The molecule has 1 aromatic carbocycles. The number of benzene rings is 1.